The number of fused-ring (bicyclic) bond motifs is 1. The number of hydrogen-bond donors (Lipinski definition) is 0. The van der Waals surface area contributed by atoms with Crippen molar-refractivity contribution in [2.45, 2.75) is 69.9 Å². The number of hydrogen-bond acceptors (Lipinski definition) is 8. The number of halogens is 2. The van der Waals surface area contributed by atoms with Crippen molar-refractivity contribution in [3.8, 4) is 11.9 Å². The number of nitrogens with zero attached hydrogens (tertiary/aromatic N) is 7. The molecule has 1 atom stereocenters. The van der Waals surface area contributed by atoms with Gasteiger partial charge in [-0.15, -0.1) is 0 Å². The molecule has 0 radical (unpaired) electrons. The molecule has 0 unspecified atom stereocenters. The van der Waals surface area contributed by atoms with Gasteiger partial charge >= 0.3 is 0 Å². The Morgan fingerprint density at radius 1 is 1.05 bits per heavy atom. The normalized spacial score (nSPS) is 22.4. The Balaban J connectivity index is 1.05. The highest BCUT2D eigenvalue weighted by molar-refractivity contribution is 5.76. The van der Waals surface area contributed by atoms with E-state index >= 15 is 0 Å². The first-order valence-electron chi connectivity index (χ1n) is 13.8. The first kappa shape index (κ1) is 26.0. The fraction of sp³-hybridized carbons (Fsp3) is 0.571. The molecule has 3 aromatic rings. The van der Waals surface area contributed by atoms with Crippen molar-refractivity contribution in [2.24, 2.45) is 0 Å². The maximum absolute atomic E-state index is 13.5. The molecule has 0 saturated carbocycles. The topological polar surface area (TPSA) is 92.3 Å². The van der Waals surface area contributed by atoms with E-state index < -0.39 is 5.92 Å². The van der Waals surface area contributed by atoms with Crippen LogP contribution in [-0.2, 0) is 24.4 Å². The monoisotopic (exact) mass is 537 g/mol. The van der Waals surface area contributed by atoms with Crippen molar-refractivity contribution in [1.82, 2.24) is 29.3 Å². The quantitative estimate of drug-likeness (QED) is 0.429. The van der Waals surface area contributed by atoms with E-state index in [4.69, 9.17) is 14.5 Å². The summed E-state index contributed by atoms with van der Waals surface area (Å²) in [4.78, 5) is 18.2. The average Bonchev–Trinajstić information content (AvgIpc) is 3.24. The lowest BCUT2D eigenvalue weighted by Crippen LogP contribution is -2.39. The maximum Gasteiger partial charge on any atom is 0.250 e. The predicted octanol–water partition coefficient (Wildman–Crippen LogP) is 3.76. The van der Waals surface area contributed by atoms with E-state index in [0.717, 1.165) is 68.1 Å². The SMILES string of the molecule is N#Cc1cc2nc(CN3CCC(Oc4cccc(CN5CCC(F)(F)CC5)n4)CC3)n(C[C@@H]3CCO3)c2cn1. The molecule has 3 aliphatic heterocycles. The highest BCUT2D eigenvalue weighted by Gasteiger charge is 2.34. The van der Waals surface area contributed by atoms with Crippen molar-refractivity contribution >= 4 is 11.0 Å². The predicted molar refractivity (Wildman–Crippen MR) is 139 cm³/mol. The van der Waals surface area contributed by atoms with Gasteiger partial charge in [-0.25, -0.2) is 23.7 Å². The molecule has 0 aromatic carbocycles. The summed E-state index contributed by atoms with van der Waals surface area (Å²) in [6, 6.07) is 9.57. The number of nitriles is 1. The number of ether oxygens (including phenoxy) is 2. The third-order valence-electron chi connectivity index (χ3n) is 7.95. The molecule has 3 aliphatic rings. The zero-order valence-corrected chi connectivity index (χ0v) is 21.9. The second-order valence-corrected chi connectivity index (χ2v) is 10.8. The fourth-order valence-electron chi connectivity index (χ4n) is 5.53. The lowest BCUT2D eigenvalue weighted by molar-refractivity contribution is -0.0592. The molecule has 0 N–H and O–H groups in total. The highest BCUT2D eigenvalue weighted by atomic mass is 19.3. The van der Waals surface area contributed by atoms with Crippen LogP contribution < -0.4 is 4.74 Å². The van der Waals surface area contributed by atoms with Crippen LogP contribution in [0.25, 0.3) is 11.0 Å². The highest BCUT2D eigenvalue weighted by Crippen LogP contribution is 2.29. The van der Waals surface area contributed by atoms with E-state index in [2.05, 4.69) is 25.5 Å². The van der Waals surface area contributed by atoms with Gasteiger partial charge in [0.05, 0.1) is 42.1 Å². The molecule has 0 spiro atoms. The fourth-order valence-corrected chi connectivity index (χ4v) is 5.53. The first-order valence-corrected chi connectivity index (χ1v) is 13.8. The molecule has 3 aromatic heterocycles. The van der Waals surface area contributed by atoms with Crippen molar-refractivity contribution in [3.05, 3.63) is 47.7 Å². The van der Waals surface area contributed by atoms with Crippen LogP contribution in [0.3, 0.4) is 0 Å². The van der Waals surface area contributed by atoms with E-state index in [-0.39, 0.29) is 25.0 Å². The van der Waals surface area contributed by atoms with E-state index in [0.29, 0.717) is 37.8 Å². The number of rotatable bonds is 8. The summed E-state index contributed by atoms with van der Waals surface area (Å²) in [6.07, 6.45) is 4.60. The molecule has 0 bridgehead atoms. The number of aromatic nitrogens is 4. The van der Waals surface area contributed by atoms with Gasteiger partial charge in [0, 0.05) is 64.3 Å². The molecule has 0 aliphatic carbocycles. The van der Waals surface area contributed by atoms with Crippen LogP contribution in [0.15, 0.2) is 30.5 Å². The number of likely N-dealkylation sites (tertiary alicyclic amines) is 2. The molecule has 0 amide bonds. The molecule has 3 saturated heterocycles. The summed E-state index contributed by atoms with van der Waals surface area (Å²) < 4.78 is 41.0. The summed E-state index contributed by atoms with van der Waals surface area (Å²) in [5.41, 5.74) is 2.94. The number of alkyl halides is 2. The lowest BCUT2D eigenvalue weighted by Gasteiger charge is -2.33. The van der Waals surface area contributed by atoms with Crippen molar-refractivity contribution in [2.75, 3.05) is 32.8 Å². The zero-order chi connectivity index (χ0) is 26.8. The summed E-state index contributed by atoms with van der Waals surface area (Å²) >= 11 is 0. The Labute approximate surface area is 226 Å². The van der Waals surface area contributed by atoms with Crippen molar-refractivity contribution in [1.29, 1.82) is 5.26 Å². The van der Waals surface area contributed by atoms with Gasteiger partial charge in [0.25, 0.3) is 5.92 Å². The van der Waals surface area contributed by atoms with Gasteiger partial charge in [0.2, 0.25) is 5.88 Å². The third-order valence-corrected chi connectivity index (χ3v) is 7.95. The minimum Gasteiger partial charge on any atom is -0.474 e. The summed E-state index contributed by atoms with van der Waals surface area (Å²) in [5.74, 6) is -0.988. The second kappa shape index (κ2) is 11.1. The Hall–Kier alpha value is -3.20. The van der Waals surface area contributed by atoms with Gasteiger partial charge in [0.15, 0.2) is 0 Å². The molecular weight excluding hydrogens is 504 g/mol. The largest absolute Gasteiger partial charge is 0.474 e. The minimum absolute atomic E-state index is 0.0715. The summed E-state index contributed by atoms with van der Waals surface area (Å²) in [7, 11) is 0. The van der Waals surface area contributed by atoms with Crippen LogP contribution in [-0.4, -0.2) is 80.2 Å². The van der Waals surface area contributed by atoms with E-state index in [1.165, 1.54) is 0 Å². The average molecular weight is 538 g/mol. The molecule has 9 nitrogen and oxygen atoms in total. The smallest absolute Gasteiger partial charge is 0.250 e. The van der Waals surface area contributed by atoms with Crippen LogP contribution >= 0.6 is 0 Å². The molecular formula is C28H33F2N7O2. The lowest BCUT2D eigenvalue weighted by atomic mass is 10.1. The van der Waals surface area contributed by atoms with Gasteiger partial charge in [-0.1, -0.05) is 6.07 Å². The van der Waals surface area contributed by atoms with Crippen LogP contribution in [0.4, 0.5) is 8.78 Å². The number of imidazole rings is 1. The molecule has 6 heterocycles. The maximum atomic E-state index is 13.5. The summed E-state index contributed by atoms with van der Waals surface area (Å²) in [6.45, 7) is 5.31. The Bertz CT molecular complexity index is 1340. The van der Waals surface area contributed by atoms with Crippen LogP contribution in [0.2, 0.25) is 0 Å². The van der Waals surface area contributed by atoms with Crippen LogP contribution in [0.1, 0.15) is 49.3 Å². The molecule has 39 heavy (non-hydrogen) atoms. The molecule has 11 heteroatoms. The summed E-state index contributed by atoms with van der Waals surface area (Å²) in [5, 5.41) is 9.24. The zero-order valence-electron chi connectivity index (χ0n) is 21.9. The van der Waals surface area contributed by atoms with Gasteiger partial charge in [0.1, 0.15) is 23.7 Å². The van der Waals surface area contributed by atoms with E-state index in [9.17, 15) is 14.0 Å². The first-order chi connectivity index (χ1) is 18.9. The van der Waals surface area contributed by atoms with Gasteiger partial charge < -0.3 is 14.0 Å². The molecule has 6 rings (SSSR count). The molecule has 206 valence electrons. The van der Waals surface area contributed by atoms with Gasteiger partial charge in [-0.2, -0.15) is 5.26 Å². The van der Waals surface area contributed by atoms with Crippen molar-refractivity contribution in [3.63, 3.8) is 0 Å². The van der Waals surface area contributed by atoms with Gasteiger partial charge in [-0.3, -0.25) is 9.80 Å². The Morgan fingerprint density at radius 2 is 1.82 bits per heavy atom. The third kappa shape index (κ3) is 6.19. The number of piperidine rings is 2. The number of pyridine rings is 2. The van der Waals surface area contributed by atoms with Gasteiger partial charge in [-0.05, 0) is 25.3 Å². The van der Waals surface area contributed by atoms with E-state index in [1.54, 1.807) is 12.3 Å². The van der Waals surface area contributed by atoms with E-state index in [1.807, 2.05) is 23.1 Å². The van der Waals surface area contributed by atoms with Crippen LogP contribution in [0, 0.1) is 11.3 Å². The Morgan fingerprint density at radius 3 is 2.54 bits per heavy atom. The minimum atomic E-state index is -2.54. The van der Waals surface area contributed by atoms with Crippen LogP contribution in [0.5, 0.6) is 5.88 Å². The second-order valence-electron chi connectivity index (χ2n) is 10.8. The Kier molecular flexibility index (Phi) is 7.42. The standard InChI is InChI=1S/C28H33F2N7O2/c29-28(30)7-11-36(12-8-28)17-20-2-1-3-27(33-20)39-22-4-9-35(10-5-22)19-26-34-24-14-21(15-31)32-16-25(24)37(26)18-23-6-13-38-23/h1-3,14,16,22-23H,4-13,17-19H2/t23-/m0/s1. The molecule has 3 fully saturated rings. The van der Waals surface area contributed by atoms with Crippen molar-refractivity contribution < 1.29 is 18.3 Å².